The van der Waals surface area contributed by atoms with Crippen molar-refractivity contribution in [1.29, 1.82) is 0 Å². The van der Waals surface area contributed by atoms with Crippen molar-refractivity contribution in [3.8, 4) is 0 Å². The van der Waals surface area contributed by atoms with Crippen LogP contribution in [-0.2, 0) is 26.0 Å². The summed E-state index contributed by atoms with van der Waals surface area (Å²) in [7, 11) is -3.72. The van der Waals surface area contributed by atoms with Crippen LogP contribution in [0.1, 0.15) is 23.2 Å². The molecule has 0 unspecified atom stereocenters. The van der Waals surface area contributed by atoms with Gasteiger partial charge in [-0.2, -0.15) is 4.31 Å². The maximum absolute atomic E-state index is 12.8. The molecule has 3 aromatic rings. The van der Waals surface area contributed by atoms with Gasteiger partial charge in [0, 0.05) is 19.2 Å². The number of sulfonamides is 1. The minimum atomic E-state index is -3.72. The third-order valence-corrected chi connectivity index (χ3v) is 6.59. The molecule has 3 heterocycles. The number of carbonyl (C=O) groups excluding carboxylic acids is 1. The average Bonchev–Trinajstić information content (AvgIpc) is 3.33. The molecule has 1 aliphatic rings. The molecule has 1 aliphatic heterocycles. The summed E-state index contributed by atoms with van der Waals surface area (Å²) >= 11 is 0. The Labute approximate surface area is 171 Å². The highest BCUT2D eigenvalue weighted by atomic mass is 32.2. The summed E-state index contributed by atoms with van der Waals surface area (Å²) in [6.07, 6.45) is 0. The first-order valence-corrected chi connectivity index (χ1v) is 10.8. The van der Waals surface area contributed by atoms with Gasteiger partial charge >= 0.3 is 11.7 Å². The molecular formula is C19H20N2O8S. The highest BCUT2D eigenvalue weighted by Gasteiger charge is 2.27. The molecule has 0 bridgehead atoms. The molecule has 0 saturated carbocycles. The zero-order valence-electron chi connectivity index (χ0n) is 16.2. The van der Waals surface area contributed by atoms with Gasteiger partial charge in [-0.05, 0) is 31.2 Å². The van der Waals surface area contributed by atoms with Gasteiger partial charge in [-0.1, -0.05) is 0 Å². The predicted octanol–water partition coefficient (Wildman–Crippen LogP) is 1.43. The van der Waals surface area contributed by atoms with Crippen molar-refractivity contribution in [3.05, 3.63) is 52.4 Å². The van der Waals surface area contributed by atoms with Crippen molar-refractivity contribution in [3.63, 3.8) is 0 Å². The van der Waals surface area contributed by atoms with E-state index in [-0.39, 0.29) is 42.5 Å². The first-order valence-electron chi connectivity index (χ1n) is 9.37. The number of oxazole rings is 1. The van der Waals surface area contributed by atoms with Gasteiger partial charge in [0.05, 0.1) is 36.8 Å². The van der Waals surface area contributed by atoms with E-state index in [1.54, 1.807) is 13.0 Å². The number of morpholine rings is 1. The number of fused-ring (bicyclic) bond motifs is 1. The molecule has 0 aliphatic carbocycles. The van der Waals surface area contributed by atoms with E-state index >= 15 is 0 Å². The number of aromatic nitrogens is 1. The third-order valence-electron chi connectivity index (χ3n) is 4.70. The SMILES string of the molecule is CCOC(=O)c1ccc(Cn2c(=O)oc3cc(S(=O)(=O)N4CCOCC4)ccc32)o1. The van der Waals surface area contributed by atoms with Crippen molar-refractivity contribution in [2.75, 3.05) is 32.9 Å². The van der Waals surface area contributed by atoms with Gasteiger partial charge in [-0.15, -0.1) is 0 Å². The normalized spacial score (nSPS) is 15.5. The molecule has 30 heavy (non-hydrogen) atoms. The van der Waals surface area contributed by atoms with Crippen molar-refractivity contribution < 1.29 is 31.5 Å². The van der Waals surface area contributed by atoms with Crippen molar-refractivity contribution in [1.82, 2.24) is 8.87 Å². The Hall–Kier alpha value is -2.89. The molecule has 0 spiro atoms. The lowest BCUT2D eigenvalue weighted by atomic mass is 10.3. The number of nitrogens with zero attached hydrogens (tertiary/aromatic N) is 2. The van der Waals surface area contributed by atoms with Gasteiger partial charge < -0.3 is 18.3 Å². The zero-order chi connectivity index (χ0) is 21.3. The molecule has 1 saturated heterocycles. The molecule has 1 fully saturated rings. The van der Waals surface area contributed by atoms with E-state index in [1.807, 2.05) is 0 Å². The largest absolute Gasteiger partial charge is 0.460 e. The Morgan fingerprint density at radius 3 is 2.63 bits per heavy atom. The molecule has 10 nitrogen and oxygen atoms in total. The van der Waals surface area contributed by atoms with E-state index in [1.165, 1.54) is 33.1 Å². The van der Waals surface area contributed by atoms with Crippen LogP contribution in [-0.4, -0.2) is 56.2 Å². The van der Waals surface area contributed by atoms with Crippen LogP contribution in [0.25, 0.3) is 11.1 Å². The smallest absolute Gasteiger partial charge is 0.420 e. The Bertz CT molecular complexity index is 1230. The first kappa shape index (κ1) is 20.4. The second-order valence-electron chi connectivity index (χ2n) is 6.59. The summed E-state index contributed by atoms with van der Waals surface area (Å²) in [5, 5.41) is 0. The fraction of sp³-hybridized carbons (Fsp3) is 0.368. The number of hydrogen-bond acceptors (Lipinski definition) is 8. The molecule has 2 aromatic heterocycles. The Balaban J connectivity index is 1.63. The van der Waals surface area contributed by atoms with E-state index in [0.29, 0.717) is 24.5 Å². The Morgan fingerprint density at radius 2 is 1.90 bits per heavy atom. The van der Waals surface area contributed by atoms with Crippen LogP contribution in [0.5, 0.6) is 0 Å². The van der Waals surface area contributed by atoms with Gasteiger partial charge in [0.25, 0.3) is 0 Å². The number of rotatable bonds is 6. The van der Waals surface area contributed by atoms with Crippen LogP contribution in [0, 0.1) is 0 Å². The van der Waals surface area contributed by atoms with Gasteiger partial charge in [-0.25, -0.2) is 18.0 Å². The van der Waals surface area contributed by atoms with Gasteiger partial charge in [-0.3, -0.25) is 4.57 Å². The van der Waals surface area contributed by atoms with Crippen LogP contribution in [0.4, 0.5) is 0 Å². The molecule has 0 radical (unpaired) electrons. The van der Waals surface area contributed by atoms with Crippen LogP contribution < -0.4 is 5.76 Å². The quantitative estimate of drug-likeness (QED) is 0.532. The van der Waals surface area contributed by atoms with Crippen LogP contribution in [0.15, 0.2) is 48.9 Å². The Morgan fingerprint density at radius 1 is 1.13 bits per heavy atom. The van der Waals surface area contributed by atoms with Crippen molar-refractivity contribution in [2.24, 2.45) is 0 Å². The third kappa shape index (κ3) is 3.78. The number of esters is 1. The molecule has 0 atom stereocenters. The summed E-state index contributed by atoms with van der Waals surface area (Å²) in [4.78, 5) is 24.1. The maximum atomic E-state index is 12.8. The number of carbonyl (C=O) groups is 1. The lowest BCUT2D eigenvalue weighted by Gasteiger charge is -2.25. The average molecular weight is 436 g/mol. The lowest BCUT2D eigenvalue weighted by Crippen LogP contribution is -2.40. The molecule has 160 valence electrons. The van der Waals surface area contributed by atoms with Crippen LogP contribution in [0.3, 0.4) is 0 Å². The monoisotopic (exact) mass is 436 g/mol. The van der Waals surface area contributed by atoms with E-state index in [4.69, 9.17) is 18.3 Å². The van der Waals surface area contributed by atoms with Crippen LogP contribution >= 0.6 is 0 Å². The standard InChI is InChI=1S/C19H20N2O8S/c1-2-27-18(22)16-6-3-13(28-16)12-21-15-5-4-14(11-17(15)29-19(21)23)30(24,25)20-7-9-26-10-8-20/h3-6,11H,2,7-10,12H2,1H3. The minimum Gasteiger partial charge on any atom is -0.460 e. The topological polar surface area (TPSA) is 121 Å². The number of furan rings is 1. The first-order chi connectivity index (χ1) is 14.4. The predicted molar refractivity (Wildman–Crippen MR) is 104 cm³/mol. The zero-order valence-corrected chi connectivity index (χ0v) is 17.0. The summed E-state index contributed by atoms with van der Waals surface area (Å²) in [5.41, 5.74) is 0.557. The van der Waals surface area contributed by atoms with Gasteiger partial charge in [0.15, 0.2) is 5.58 Å². The number of ether oxygens (including phenoxy) is 2. The number of benzene rings is 1. The van der Waals surface area contributed by atoms with Gasteiger partial charge in [0.2, 0.25) is 15.8 Å². The molecular weight excluding hydrogens is 416 g/mol. The molecule has 0 N–H and O–H groups in total. The summed E-state index contributed by atoms with van der Waals surface area (Å²) < 4.78 is 49.0. The second kappa shape index (κ2) is 8.09. The molecule has 11 heteroatoms. The summed E-state index contributed by atoms with van der Waals surface area (Å²) in [6, 6.07) is 7.32. The van der Waals surface area contributed by atoms with Crippen molar-refractivity contribution in [2.45, 2.75) is 18.4 Å². The maximum Gasteiger partial charge on any atom is 0.420 e. The fourth-order valence-corrected chi connectivity index (χ4v) is 4.65. The second-order valence-corrected chi connectivity index (χ2v) is 8.52. The summed E-state index contributed by atoms with van der Waals surface area (Å²) in [6.45, 7) is 3.14. The Kier molecular flexibility index (Phi) is 5.50. The summed E-state index contributed by atoms with van der Waals surface area (Å²) in [5.74, 6) is -0.870. The fourth-order valence-electron chi connectivity index (χ4n) is 3.22. The van der Waals surface area contributed by atoms with E-state index in [9.17, 15) is 18.0 Å². The van der Waals surface area contributed by atoms with Gasteiger partial charge in [0.1, 0.15) is 5.76 Å². The highest BCUT2D eigenvalue weighted by Crippen LogP contribution is 2.23. The minimum absolute atomic E-state index is 0.0147. The lowest BCUT2D eigenvalue weighted by molar-refractivity contribution is 0.0488. The molecule has 0 amide bonds. The van der Waals surface area contributed by atoms with E-state index in [2.05, 4.69) is 0 Å². The number of hydrogen-bond donors (Lipinski definition) is 0. The highest BCUT2D eigenvalue weighted by molar-refractivity contribution is 7.89. The molecule has 4 rings (SSSR count). The van der Waals surface area contributed by atoms with E-state index in [0.717, 1.165) is 0 Å². The molecule has 1 aromatic carbocycles. The van der Waals surface area contributed by atoms with Crippen LogP contribution in [0.2, 0.25) is 0 Å². The van der Waals surface area contributed by atoms with E-state index < -0.39 is 21.7 Å². The van der Waals surface area contributed by atoms with Crippen molar-refractivity contribution >= 4 is 27.1 Å².